The fourth-order valence-corrected chi connectivity index (χ4v) is 3.96. The normalized spacial score (nSPS) is 25.2. The highest BCUT2D eigenvalue weighted by atomic mass is 32.2. The van der Waals surface area contributed by atoms with E-state index in [0.29, 0.717) is 12.1 Å². The summed E-state index contributed by atoms with van der Waals surface area (Å²) in [6.45, 7) is 1.16. The van der Waals surface area contributed by atoms with Gasteiger partial charge in [0, 0.05) is 6.04 Å². The van der Waals surface area contributed by atoms with E-state index in [1.54, 1.807) is 0 Å². The van der Waals surface area contributed by atoms with Crippen molar-refractivity contribution in [3.63, 3.8) is 0 Å². The van der Waals surface area contributed by atoms with E-state index < -0.39 is 0 Å². The van der Waals surface area contributed by atoms with Crippen LogP contribution in [0.15, 0.2) is 24.3 Å². The van der Waals surface area contributed by atoms with Crippen LogP contribution in [0.4, 0.5) is 0 Å². The lowest BCUT2D eigenvalue weighted by Gasteiger charge is -2.25. The summed E-state index contributed by atoms with van der Waals surface area (Å²) in [4.78, 5) is 0. The van der Waals surface area contributed by atoms with Crippen LogP contribution in [0.5, 0.6) is 5.75 Å². The molecule has 3 rings (SSSR count). The van der Waals surface area contributed by atoms with Crippen LogP contribution in [0.1, 0.15) is 43.7 Å². The molecule has 2 aliphatic rings. The van der Waals surface area contributed by atoms with Crippen molar-refractivity contribution in [2.24, 2.45) is 0 Å². The minimum Gasteiger partial charge on any atom is -0.490 e. The predicted molar refractivity (Wildman–Crippen MR) is 82.0 cm³/mol. The molecule has 1 unspecified atom stereocenters. The molecule has 0 bridgehead atoms. The van der Waals surface area contributed by atoms with Gasteiger partial charge in [0.25, 0.3) is 0 Å². The van der Waals surface area contributed by atoms with Crippen molar-refractivity contribution >= 4 is 11.8 Å². The van der Waals surface area contributed by atoms with Gasteiger partial charge in [0.1, 0.15) is 11.9 Å². The van der Waals surface area contributed by atoms with Crippen molar-refractivity contribution in [2.75, 3.05) is 18.1 Å². The monoisotopic (exact) mass is 277 g/mol. The van der Waals surface area contributed by atoms with Gasteiger partial charge in [0.05, 0.1) is 0 Å². The zero-order valence-electron chi connectivity index (χ0n) is 11.4. The van der Waals surface area contributed by atoms with Crippen molar-refractivity contribution in [3.05, 3.63) is 29.8 Å². The second kappa shape index (κ2) is 6.67. The lowest BCUT2D eigenvalue weighted by atomic mass is 9.97. The van der Waals surface area contributed by atoms with Crippen molar-refractivity contribution < 1.29 is 4.74 Å². The van der Waals surface area contributed by atoms with Crippen LogP contribution in [0.25, 0.3) is 0 Å². The summed E-state index contributed by atoms with van der Waals surface area (Å²) in [5.74, 6) is 3.53. The molecule has 0 saturated carbocycles. The number of benzene rings is 1. The Morgan fingerprint density at radius 3 is 2.47 bits per heavy atom. The number of nitrogens with one attached hydrogen (secondary N) is 1. The van der Waals surface area contributed by atoms with Gasteiger partial charge in [0.2, 0.25) is 0 Å². The quantitative estimate of drug-likeness (QED) is 0.908. The highest BCUT2D eigenvalue weighted by Crippen LogP contribution is 2.26. The molecule has 1 aromatic carbocycles. The van der Waals surface area contributed by atoms with Crippen LogP contribution < -0.4 is 10.1 Å². The third kappa shape index (κ3) is 3.67. The van der Waals surface area contributed by atoms with Gasteiger partial charge in [-0.15, -0.1) is 0 Å². The molecular formula is C16H23NOS. The van der Waals surface area contributed by atoms with Gasteiger partial charge in [-0.3, -0.25) is 0 Å². The van der Waals surface area contributed by atoms with Gasteiger partial charge in [-0.25, -0.2) is 0 Å². The van der Waals surface area contributed by atoms with Crippen LogP contribution >= 0.6 is 11.8 Å². The summed E-state index contributed by atoms with van der Waals surface area (Å²) < 4.78 is 6.06. The topological polar surface area (TPSA) is 21.3 Å². The molecule has 0 aromatic heterocycles. The standard InChI is InChI=1S/C16H23NOS/c1-2-10-17-16(3-1)13-4-6-14(7-5-13)18-15-8-11-19-12-9-15/h4-7,15-17H,1-3,8-12H2. The molecule has 2 fully saturated rings. The first-order valence-electron chi connectivity index (χ1n) is 7.49. The minimum absolute atomic E-state index is 0.430. The summed E-state index contributed by atoms with van der Waals surface area (Å²) in [6.07, 6.45) is 6.74. The number of hydrogen-bond donors (Lipinski definition) is 1. The number of thioether (sulfide) groups is 1. The Bertz CT molecular complexity index is 380. The SMILES string of the molecule is c1cc(C2CCCCN2)ccc1OC1CCSCC1. The fourth-order valence-electron chi connectivity index (χ4n) is 2.90. The smallest absolute Gasteiger partial charge is 0.119 e. The molecule has 0 amide bonds. The van der Waals surface area contributed by atoms with E-state index in [1.807, 2.05) is 11.8 Å². The molecule has 2 aliphatic heterocycles. The van der Waals surface area contributed by atoms with Gasteiger partial charge in [0.15, 0.2) is 0 Å². The Balaban J connectivity index is 1.58. The van der Waals surface area contributed by atoms with Crippen LogP contribution in [0, 0.1) is 0 Å². The van der Waals surface area contributed by atoms with Crippen molar-refractivity contribution in [1.82, 2.24) is 5.32 Å². The average molecular weight is 277 g/mol. The maximum Gasteiger partial charge on any atom is 0.119 e. The van der Waals surface area contributed by atoms with Crippen molar-refractivity contribution in [1.29, 1.82) is 0 Å². The second-order valence-corrected chi connectivity index (χ2v) is 6.73. The summed E-state index contributed by atoms with van der Waals surface area (Å²) >= 11 is 2.04. The molecule has 2 saturated heterocycles. The Hall–Kier alpha value is -0.670. The molecule has 1 atom stereocenters. The number of piperidine rings is 1. The van der Waals surface area contributed by atoms with Crippen molar-refractivity contribution in [3.8, 4) is 5.75 Å². The van der Waals surface area contributed by atoms with Crippen molar-refractivity contribution in [2.45, 2.75) is 44.2 Å². The first-order chi connectivity index (χ1) is 9.42. The molecule has 0 radical (unpaired) electrons. The fraction of sp³-hybridized carbons (Fsp3) is 0.625. The van der Waals surface area contributed by atoms with E-state index in [4.69, 9.17) is 4.74 Å². The molecular weight excluding hydrogens is 254 g/mol. The third-order valence-electron chi connectivity index (χ3n) is 4.06. The predicted octanol–water partition coefficient (Wildman–Crippen LogP) is 3.78. The van der Waals surface area contributed by atoms with E-state index in [1.165, 1.54) is 49.2 Å². The molecule has 19 heavy (non-hydrogen) atoms. The summed E-state index contributed by atoms with van der Waals surface area (Å²) in [6, 6.07) is 9.31. The lowest BCUT2D eigenvalue weighted by Crippen LogP contribution is -2.26. The van der Waals surface area contributed by atoms with E-state index in [0.717, 1.165) is 12.3 Å². The maximum absolute atomic E-state index is 6.06. The van der Waals surface area contributed by atoms with Gasteiger partial charge < -0.3 is 10.1 Å². The Kier molecular flexibility index (Phi) is 4.67. The van der Waals surface area contributed by atoms with Crippen LogP contribution in [-0.4, -0.2) is 24.2 Å². The minimum atomic E-state index is 0.430. The first kappa shape index (κ1) is 13.3. The Morgan fingerprint density at radius 2 is 1.79 bits per heavy atom. The molecule has 2 nitrogen and oxygen atoms in total. The van der Waals surface area contributed by atoms with E-state index in [9.17, 15) is 0 Å². The van der Waals surface area contributed by atoms with Gasteiger partial charge in [-0.2, -0.15) is 11.8 Å². The molecule has 0 aliphatic carbocycles. The molecule has 1 aromatic rings. The largest absolute Gasteiger partial charge is 0.490 e. The molecule has 0 spiro atoms. The van der Waals surface area contributed by atoms with E-state index in [-0.39, 0.29) is 0 Å². The van der Waals surface area contributed by atoms with Gasteiger partial charge in [-0.1, -0.05) is 18.6 Å². The zero-order chi connectivity index (χ0) is 12.9. The lowest BCUT2D eigenvalue weighted by molar-refractivity contribution is 0.192. The second-order valence-electron chi connectivity index (χ2n) is 5.50. The van der Waals surface area contributed by atoms with Crippen LogP contribution in [0.2, 0.25) is 0 Å². The van der Waals surface area contributed by atoms with E-state index >= 15 is 0 Å². The van der Waals surface area contributed by atoms with Crippen LogP contribution in [0.3, 0.4) is 0 Å². The number of rotatable bonds is 3. The zero-order valence-corrected chi connectivity index (χ0v) is 12.3. The Labute approximate surface area is 120 Å². The van der Waals surface area contributed by atoms with E-state index in [2.05, 4.69) is 29.6 Å². The molecule has 2 heterocycles. The number of ether oxygens (including phenoxy) is 1. The Morgan fingerprint density at radius 1 is 1.00 bits per heavy atom. The third-order valence-corrected chi connectivity index (χ3v) is 5.11. The summed E-state index contributed by atoms with van der Waals surface area (Å²) in [7, 11) is 0. The average Bonchev–Trinajstić information content (AvgIpc) is 2.50. The maximum atomic E-state index is 6.06. The van der Waals surface area contributed by atoms with Gasteiger partial charge in [-0.05, 0) is 61.4 Å². The highest BCUT2D eigenvalue weighted by molar-refractivity contribution is 7.99. The first-order valence-corrected chi connectivity index (χ1v) is 8.65. The molecule has 1 N–H and O–H groups in total. The molecule has 3 heteroatoms. The summed E-state index contributed by atoms with van der Waals surface area (Å²) in [5.41, 5.74) is 1.41. The summed E-state index contributed by atoms with van der Waals surface area (Å²) in [5, 5.41) is 3.59. The number of hydrogen-bond acceptors (Lipinski definition) is 3. The highest BCUT2D eigenvalue weighted by Gasteiger charge is 2.16. The van der Waals surface area contributed by atoms with Gasteiger partial charge >= 0.3 is 0 Å². The van der Waals surface area contributed by atoms with Crippen LogP contribution in [-0.2, 0) is 0 Å². The molecule has 104 valence electrons.